The predicted octanol–water partition coefficient (Wildman–Crippen LogP) is 3.50. The van der Waals surface area contributed by atoms with Crippen molar-refractivity contribution in [2.24, 2.45) is 0 Å². The lowest BCUT2D eigenvalue weighted by Crippen LogP contribution is -2.50. The maximum absolute atomic E-state index is 13.3. The molecule has 6 nitrogen and oxygen atoms in total. The molecule has 0 saturated carbocycles. The van der Waals surface area contributed by atoms with Gasteiger partial charge in [-0.25, -0.2) is 18.4 Å². The summed E-state index contributed by atoms with van der Waals surface area (Å²) >= 11 is 0. The highest BCUT2D eigenvalue weighted by Crippen LogP contribution is 2.19. The van der Waals surface area contributed by atoms with E-state index in [1.807, 2.05) is 12.1 Å². The number of halogens is 2. The highest BCUT2D eigenvalue weighted by atomic mass is 19.2. The minimum Gasteiger partial charge on any atom is -0.462 e. The molecule has 2 aromatic carbocycles. The molecule has 0 bridgehead atoms. The standard InChI is InChI=1S/C20H21F2N3O3/c1-2-28-19(26)14-3-6-16(7-4-14)24-9-11-25(12-10-24)20(27)23-15-5-8-17(21)18(22)13-15/h3-8,13H,2,9-12H2,1H3,(H,23,27). The number of piperazine rings is 1. The van der Waals surface area contributed by atoms with Gasteiger partial charge in [-0.1, -0.05) is 0 Å². The van der Waals surface area contributed by atoms with Crippen LogP contribution in [0.3, 0.4) is 0 Å². The third-order valence-electron chi connectivity index (χ3n) is 4.48. The molecule has 2 amide bonds. The van der Waals surface area contributed by atoms with E-state index in [9.17, 15) is 18.4 Å². The lowest BCUT2D eigenvalue weighted by atomic mass is 10.2. The van der Waals surface area contributed by atoms with E-state index in [-0.39, 0.29) is 17.7 Å². The fourth-order valence-corrected chi connectivity index (χ4v) is 2.97. The van der Waals surface area contributed by atoms with E-state index in [4.69, 9.17) is 4.74 Å². The second-order valence-electron chi connectivity index (χ2n) is 6.30. The summed E-state index contributed by atoms with van der Waals surface area (Å²) in [6.07, 6.45) is 0. The van der Waals surface area contributed by atoms with Gasteiger partial charge in [0.1, 0.15) is 0 Å². The normalized spacial score (nSPS) is 14.0. The van der Waals surface area contributed by atoms with Gasteiger partial charge >= 0.3 is 12.0 Å². The van der Waals surface area contributed by atoms with E-state index in [2.05, 4.69) is 10.2 Å². The van der Waals surface area contributed by atoms with Crippen LogP contribution in [0.25, 0.3) is 0 Å². The molecule has 28 heavy (non-hydrogen) atoms. The zero-order valence-electron chi connectivity index (χ0n) is 15.5. The largest absolute Gasteiger partial charge is 0.462 e. The van der Waals surface area contributed by atoms with Crippen molar-refractivity contribution in [1.29, 1.82) is 0 Å². The highest BCUT2D eigenvalue weighted by Gasteiger charge is 2.22. The topological polar surface area (TPSA) is 61.9 Å². The summed E-state index contributed by atoms with van der Waals surface area (Å²) in [5.74, 6) is -2.32. The van der Waals surface area contributed by atoms with Gasteiger partial charge in [0.25, 0.3) is 0 Å². The van der Waals surface area contributed by atoms with Crippen molar-refractivity contribution in [2.75, 3.05) is 43.0 Å². The Morgan fingerprint density at radius 2 is 1.68 bits per heavy atom. The Labute approximate surface area is 161 Å². The van der Waals surface area contributed by atoms with Gasteiger partial charge in [-0.15, -0.1) is 0 Å². The number of urea groups is 1. The molecule has 1 saturated heterocycles. The number of rotatable bonds is 4. The molecule has 0 radical (unpaired) electrons. The van der Waals surface area contributed by atoms with Crippen LogP contribution in [0.2, 0.25) is 0 Å². The zero-order chi connectivity index (χ0) is 20.1. The minimum atomic E-state index is -1.01. The number of amides is 2. The molecule has 148 valence electrons. The lowest BCUT2D eigenvalue weighted by molar-refractivity contribution is 0.0526. The second-order valence-corrected chi connectivity index (χ2v) is 6.30. The molecular weight excluding hydrogens is 368 g/mol. The summed E-state index contributed by atoms with van der Waals surface area (Å²) in [5, 5.41) is 2.58. The number of benzene rings is 2. The van der Waals surface area contributed by atoms with Gasteiger partial charge < -0.3 is 19.9 Å². The number of nitrogens with zero attached hydrogens (tertiary/aromatic N) is 2. The minimum absolute atomic E-state index is 0.209. The van der Waals surface area contributed by atoms with Crippen molar-refractivity contribution in [3.63, 3.8) is 0 Å². The van der Waals surface area contributed by atoms with Crippen molar-refractivity contribution in [2.45, 2.75) is 6.92 Å². The van der Waals surface area contributed by atoms with Crippen molar-refractivity contribution in [3.8, 4) is 0 Å². The fraction of sp³-hybridized carbons (Fsp3) is 0.300. The number of hydrogen-bond acceptors (Lipinski definition) is 4. The van der Waals surface area contributed by atoms with Crippen molar-refractivity contribution < 1.29 is 23.1 Å². The third kappa shape index (κ3) is 4.57. The maximum Gasteiger partial charge on any atom is 0.338 e. The van der Waals surface area contributed by atoms with Crippen LogP contribution < -0.4 is 10.2 Å². The average Bonchev–Trinajstić information content (AvgIpc) is 2.71. The van der Waals surface area contributed by atoms with Crippen molar-refractivity contribution in [3.05, 3.63) is 59.7 Å². The Balaban J connectivity index is 1.54. The van der Waals surface area contributed by atoms with Crippen LogP contribution in [0.4, 0.5) is 25.0 Å². The summed E-state index contributed by atoms with van der Waals surface area (Å²) in [6.45, 7) is 4.28. The van der Waals surface area contributed by atoms with Crippen LogP contribution in [-0.4, -0.2) is 49.7 Å². The molecule has 1 aliphatic rings. The van der Waals surface area contributed by atoms with Gasteiger partial charge in [0, 0.05) is 43.6 Å². The zero-order valence-corrected chi connectivity index (χ0v) is 15.5. The monoisotopic (exact) mass is 389 g/mol. The predicted molar refractivity (Wildman–Crippen MR) is 102 cm³/mol. The molecule has 0 atom stereocenters. The Kier molecular flexibility index (Phi) is 6.08. The molecule has 1 N–H and O–H groups in total. The SMILES string of the molecule is CCOC(=O)c1ccc(N2CCN(C(=O)Nc3ccc(F)c(F)c3)CC2)cc1. The first-order chi connectivity index (χ1) is 13.5. The molecule has 8 heteroatoms. The van der Waals surface area contributed by atoms with Crippen LogP contribution in [0, 0.1) is 11.6 Å². The van der Waals surface area contributed by atoms with Crippen LogP contribution in [0.5, 0.6) is 0 Å². The molecule has 3 rings (SSSR count). The van der Waals surface area contributed by atoms with Gasteiger partial charge in [0.15, 0.2) is 11.6 Å². The number of nitrogens with one attached hydrogen (secondary N) is 1. The van der Waals surface area contributed by atoms with E-state index >= 15 is 0 Å². The molecular formula is C20H21F2N3O3. The Morgan fingerprint density at radius 1 is 1.00 bits per heavy atom. The van der Waals surface area contributed by atoms with Gasteiger partial charge in [-0.2, -0.15) is 0 Å². The number of carbonyl (C=O) groups is 2. The first kappa shape index (κ1) is 19.6. The summed E-state index contributed by atoms with van der Waals surface area (Å²) < 4.78 is 31.2. The maximum atomic E-state index is 13.3. The molecule has 1 fully saturated rings. The molecule has 1 heterocycles. The van der Waals surface area contributed by atoms with Crippen LogP contribution in [-0.2, 0) is 4.74 Å². The fourth-order valence-electron chi connectivity index (χ4n) is 2.97. The van der Waals surface area contributed by atoms with Crippen LogP contribution in [0.15, 0.2) is 42.5 Å². The Morgan fingerprint density at radius 3 is 2.29 bits per heavy atom. The Hall–Kier alpha value is -3.16. The molecule has 0 aliphatic carbocycles. The second kappa shape index (κ2) is 8.69. The molecule has 0 spiro atoms. The number of ether oxygens (including phenoxy) is 1. The van der Waals surface area contributed by atoms with Crippen LogP contribution >= 0.6 is 0 Å². The van der Waals surface area contributed by atoms with Gasteiger partial charge in [-0.05, 0) is 43.3 Å². The van der Waals surface area contributed by atoms with E-state index in [0.29, 0.717) is 38.3 Å². The van der Waals surface area contributed by atoms with E-state index < -0.39 is 11.6 Å². The smallest absolute Gasteiger partial charge is 0.338 e. The van der Waals surface area contributed by atoms with E-state index in [1.54, 1.807) is 24.0 Å². The molecule has 0 aromatic heterocycles. The summed E-state index contributed by atoms with van der Waals surface area (Å²) in [7, 11) is 0. The van der Waals surface area contributed by atoms with Gasteiger partial charge in [-0.3, -0.25) is 0 Å². The van der Waals surface area contributed by atoms with Gasteiger partial charge in [0.2, 0.25) is 0 Å². The summed E-state index contributed by atoms with van der Waals surface area (Å²) in [4.78, 5) is 27.7. The summed E-state index contributed by atoms with van der Waals surface area (Å²) in [6, 6.07) is 10.0. The molecule has 0 unspecified atom stereocenters. The molecule has 1 aliphatic heterocycles. The van der Waals surface area contributed by atoms with E-state index in [0.717, 1.165) is 17.8 Å². The van der Waals surface area contributed by atoms with Gasteiger partial charge in [0.05, 0.1) is 12.2 Å². The van der Waals surface area contributed by atoms with Crippen LogP contribution in [0.1, 0.15) is 17.3 Å². The number of carbonyl (C=O) groups excluding carboxylic acids is 2. The number of hydrogen-bond donors (Lipinski definition) is 1. The number of esters is 1. The Bertz CT molecular complexity index is 850. The summed E-state index contributed by atoms with van der Waals surface area (Å²) in [5.41, 5.74) is 1.66. The quantitative estimate of drug-likeness (QED) is 0.813. The number of anilines is 2. The first-order valence-electron chi connectivity index (χ1n) is 9.01. The third-order valence-corrected chi connectivity index (χ3v) is 4.48. The van der Waals surface area contributed by atoms with Crippen molar-refractivity contribution in [1.82, 2.24) is 4.90 Å². The molecule has 2 aromatic rings. The average molecular weight is 389 g/mol. The van der Waals surface area contributed by atoms with E-state index in [1.165, 1.54) is 6.07 Å². The first-order valence-corrected chi connectivity index (χ1v) is 9.01. The lowest BCUT2D eigenvalue weighted by Gasteiger charge is -2.36. The highest BCUT2D eigenvalue weighted by molar-refractivity contribution is 5.90. The van der Waals surface area contributed by atoms with Crippen molar-refractivity contribution >= 4 is 23.4 Å².